The summed E-state index contributed by atoms with van der Waals surface area (Å²) in [5.41, 5.74) is 0. The predicted octanol–water partition coefficient (Wildman–Crippen LogP) is 4.25. The van der Waals surface area contributed by atoms with Gasteiger partial charge in [0.2, 0.25) is 0 Å². The van der Waals surface area contributed by atoms with Crippen LogP contribution in [-0.4, -0.2) is 6.36 Å². The van der Waals surface area contributed by atoms with E-state index in [1.165, 1.54) is 23.5 Å². The molecule has 0 aliphatic rings. The maximum Gasteiger partial charge on any atom is 0.573 e. The first-order valence-corrected chi connectivity index (χ1v) is 5.05. The van der Waals surface area contributed by atoms with Crippen LogP contribution in [0, 0.1) is 6.07 Å². The Hall–Kier alpha value is -0.940. The summed E-state index contributed by atoms with van der Waals surface area (Å²) in [6, 6.07) is 5.50. The molecule has 15 heavy (non-hydrogen) atoms. The standard InChI is InChI=1S/C9H3ClF3OS/c10-6-3-5-1-2-15-8(5)4-7(6)14-9(11,12)13/h2-4H. The fourth-order valence-electron chi connectivity index (χ4n) is 1.10. The van der Waals surface area contributed by atoms with E-state index in [0.29, 0.717) is 10.1 Å². The quantitative estimate of drug-likeness (QED) is 0.736. The molecule has 1 heterocycles. The van der Waals surface area contributed by atoms with Gasteiger partial charge in [0.1, 0.15) is 5.75 Å². The molecule has 1 radical (unpaired) electrons. The zero-order valence-corrected chi connectivity index (χ0v) is 8.63. The molecule has 0 aliphatic carbocycles. The smallest absolute Gasteiger partial charge is 0.404 e. The van der Waals surface area contributed by atoms with Gasteiger partial charge in [0.05, 0.1) is 5.02 Å². The van der Waals surface area contributed by atoms with Crippen LogP contribution >= 0.6 is 22.9 Å². The number of benzene rings is 1. The van der Waals surface area contributed by atoms with Gasteiger partial charge in [0.15, 0.2) is 0 Å². The summed E-state index contributed by atoms with van der Waals surface area (Å²) in [5.74, 6) is -0.382. The Labute approximate surface area is 92.0 Å². The molecule has 0 saturated carbocycles. The summed E-state index contributed by atoms with van der Waals surface area (Å²) in [4.78, 5) is 0. The van der Waals surface area contributed by atoms with Crippen molar-refractivity contribution in [3.05, 3.63) is 28.6 Å². The van der Waals surface area contributed by atoms with E-state index in [9.17, 15) is 13.2 Å². The van der Waals surface area contributed by atoms with Gasteiger partial charge < -0.3 is 4.74 Å². The van der Waals surface area contributed by atoms with E-state index in [-0.39, 0.29) is 10.8 Å². The van der Waals surface area contributed by atoms with Crippen molar-refractivity contribution in [2.75, 3.05) is 0 Å². The van der Waals surface area contributed by atoms with Gasteiger partial charge in [0.25, 0.3) is 0 Å². The van der Waals surface area contributed by atoms with Gasteiger partial charge in [-0.2, -0.15) is 0 Å². The van der Waals surface area contributed by atoms with E-state index in [4.69, 9.17) is 11.6 Å². The normalized spacial score (nSPS) is 12.0. The highest BCUT2D eigenvalue weighted by Crippen LogP contribution is 2.35. The molecule has 1 nitrogen and oxygen atoms in total. The van der Waals surface area contributed by atoms with E-state index in [1.54, 1.807) is 5.38 Å². The maximum atomic E-state index is 12.0. The summed E-state index contributed by atoms with van der Waals surface area (Å²) in [6.07, 6.45) is -4.72. The van der Waals surface area contributed by atoms with Crippen LogP contribution in [0.3, 0.4) is 0 Å². The molecule has 1 aromatic carbocycles. The maximum absolute atomic E-state index is 12.0. The second-order valence-electron chi connectivity index (χ2n) is 2.71. The monoisotopic (exact) mass is 251 g/mol. The largest absolute Gasteiger partial charge is 0.573 e. The van der Waals surface area contributed by atoms with E-state index >= 15 is 0 Å². The molecule has 6 heteroatoms. The molecule has 2 aromatic rings. The van der Waals surface area contributed by atoms with Crippen LogP contribution in [-0.2, 0) is 0 Å². The molecular weight excluding hydrogens is 249 g/mol. The highest BCUT2D eigenvalue weighted by Gasteiger charge is 2.32. The molecule has 0 N–H and O–H groups in total. The summed E-state index contributed by atoms with van der Waals surface area (Å²) in [7, 11) is 0. The Morgan fingerprint density at radius 1 is 1.33 bits per heavy atom. The van der Waals surface area contributed by atoms with E-state index in [1.807, 2.05) is 0 Å². The predicted molar refractivity (Wildman–Crippen MR) is 52.4 cm³/mol. The summed E-state index contributed by atoms with van der Waals surface area (Å²) in [5, 5.41) is 2.26. The molecule has 1 aromatic heterocycles. The number of fused-ring (bicyclic) bond motifs is 1. The van der Waals surface area contributed by atoms with Gasteiger partial charge in [-0.05, 0) is 17.5 Å². The van der Waals surface area contributed by atoms with Crippen molar-refractivity contribution < 1.29 is 17.9 Å². The van der Waals surface area contributed by atoms with Crippen LogP contribution in [0.2, 0.25) is 5.02 Å². The minimum atomic E-state index is -4.72. The Kier molecular flexibility index (Phi) is 2.52. The number of rotatable bonds is 1. The van der Waals surface area contributed by atoms with Crippen molar-refractivity contribution in [2.45, 2.75) is 6.36 Å². The lowest BCUT2D eigenvalue weighted by molar-refractivity contribution is -0.274. The molecule has 0 spiro atoms. The Morgan fingerprint density at radius 2 is 2.07 bits per heavy atom. The average molecular weight is 252 g/mol. The van der Waals surface area contributed by atoms with Gasteiger partial charge in [-0.25, -0.2) is 0 Å². The third-order valence-electron chi connectivity index (χ3n) is 1.66. The van der Waals surface area contributed by atoms with Crippen LogP contribution < -0.4 is 4.74 Å². The Morgan fingerprint density at radius 3 is 2.73 bits per heavy atom. The lowest BCUT2D eigenvalue weighted by Gasteiger charge is -2.10. The molecule has 0 saturated heterocycles. The highest BCUT2D eigenvalue weighted by molar-refractivity contribution is 7.17. The molecule has 0 bridgehead atoms. The zero-order chi connectivity index (χ0) is 11.1. The molecule has 0 fully saturated rings. The van der Waals surface area contributed by atoms with Gasteiger partial charge in [-0.3, -0.25) is 0 Å². The van der Waals surface area contributed by atoms with Gasteiger partial charge >= 0.3 is 6.36 Å². The lowest BCUT2D eigenvalue weighted by Crippen LogP contribution is -2.17. The Balaban J connectivity index is 2.46. The molecule has 79 valence electrons. The molecule has 2 rings (SSSR count). The van der Waals surface area contributed by atoms with E-state index < -0.39 is 6.36 Å². The fraction of sp³-hybridized carbons (Fsp3) is 0.111. The minimum Gasteiger partial charge on any atom is -0.404 e. The first kappa shape index (κ1) is 10.6. The first-order chi connectivity index (χ1) is 6.96. The third-order valence-corrected chi connectivity index (χ3v) is 2.78. The van der Waals surface area contributed by atoms with Crippen molar-refractivity contribution in [3.8, 4) is 5.75 Å². The Bertz CT molecular complexity index is 492. The van der Waals surface area contributed by atoms with E-state index in [0.717, 1.165) is 0 Å². The van der Waals surface area contributed by atoms with Gasteiger partial charge in [0, 0.05) is 16.2 Å². The van der Waals surface area contributed by atoms with Crippen molar-refractivity contribution in [1.29, 1.82) is 0 Å². The summed E-state index contributed by atoms with van der Waals surface area (Å²) in [6.45, 7) is 0. The lowest BCUT2D eigenvalue weighted by atomic mass is 10.2. The number of hydrogen-bond donors (Lipinski definition) is 0. The molecule has 0 aliphatic heterocycles. The minimum absolute atomic E-state index is 0.0746. The van der Waals surface area contributed by atoms with E-state index in [2.05, 4.69) is 10.8 Å². The SMILES string of the molecule is FC(F)(F)Oc1cc2sc[c]c2cc1Cl. The van der Waals surface area contributed by atoms with Gasteiger partial charge in [-0.1, -0.05) is 11.6 Å². The van der Waals surface area contributed by atoms with Crippen LogP contribution in [0.1, 0.15) is 0 Å². The van der Waals surface area contributed by atoms with Crippen molar-refractivity contribution in [1.82, 2.24) is 0 Å². The second kappa shape index (κ2) is 3.57. The van der Waals surface area contributed by atoms with Crippen LogP contribution in [0.15, 0.2) is 17.5 Å². The summed E-state index contributed by atoms with van der Waals surface area (Å²) < 4.78 is 40.3. The van der Waals surface area contributed by atoms with Crippen LogP contribution in [0.25, 0.3) is 10.1 Å². The van der Waals surface area contributed by atoms with Crippen LogP contribution in [0.4, 0.5) is 13.2 Å². The molecule has 0 atom stereocenters. The number of halogens is 4. The summed E-state index contributed by atoms with van der Waals surface area (Å²) >= 11 is 6.90. The molecule has 0 unspecified atom stereocenters. The molecule has 0 amide bonds. The number of thiophene rings is 1. The van der Waals surface area contributed by atoms with Crippen molar-refractivity contribution >= 4 is 33.0 Å². The average Bonchev–Trinajstić information content (AvgIpc) is 2.49. The topological polar surface area (TPSA) is 9.23 Å². The first-order valence-electron chi connectivity index (χ1n) is 3.80. The fourth-order valence-corrected chi connectivity index (χ4v) is 2.04. The number of hydrogen-bond acceptors (Lipinski definition) is 2. The second-order valence-corrected chi connectivity index (χ2v) is 4.03. The van der Waals surface area contributed by atoms with Gasteiger partial charge in [-0.15, -0.1) is 24.5 Å². The number of ether oxygens (including phenoxy) is 1. The zero-order valence-electron chi connectivity index (χ0n) is 7.06. The van der Waals surface area contributed by atoms with Crippen molar-refractivity contribution in [2.24, 2.45) is 0 Å². The number of alkyl halides is 3. The van der Waals surface area contributed by atoms with Crippen LogP contribution in [0.5, 0.6) is 5.75 Å². The molecular formula is C9H3ClF3OS. The third kappa shape index (κ3) is 2.35. The van der Waals surface area contributed by atoms with Crippen molar-refractivity contribution in [3.63, 3.8) is 0 Å². The highest BCUT2D eigenvalue weighted by atomic mass is 35.5.